The lowest BCUT2D eigenvalue weighted by atomic mass is 10.2. The average Bonchev–Trinajstić information content (AvgIpc) is 2.27. The fourth-order valence-electron chi connectivity index (χ4n) is 2.13. The third kappa shape index (κ3) is 2.76. The summed E-state index contributed by atoms with van der Waals surface area (Å²) < 4.78 is 5.65. The summed E-state index contributed by atoms with van der Waals surface area (Å²) in [6.07, 6.45) is 1.06. The van der Waals surface area contributed by atoms with E-state index in [4.69, 9.17) is 16.3 Å². The van der Waals surface area contributed by atoms with Gasteiger partial charge >= 0.3 is 0 Å². The minimum absolute atomic E-state index is 0.124. The lowest BCUT2D eigenvalue weighted by molar-refractivity contribution is -0.00549. The molecule has 2 rings (SSSR count). The summed E-state index contributed by atoms with van der Waals surface area (Å²) in [5.41, 5.74) is 0.565. The SMILES string of the molecule is C[C@@H]1CN(c2nc(Cl)ccc2C=O)C[C@H](C)O1. The van der Waals surface area contributed by atoms with E-state index in [2.05, 4.69) is 9.88 Å². The summed E-state index contributed by atoms with van der Waals surface area (Å²) in [5, 5.41) is 0.400. The molecule has 92 valence electrons. The molecular weight excluding hydrogens is 240 g/mol. The Morgan fingerprint density at radius 1 is 1.41 bits per heavy atom. The maximum Gasteiger partial charge on any atom is 0.153 e. The van der Waals surface area contributed by atoms with Crippen LogP contribution in [-0.2, 0) is 4.74 Å². The van der Waals surface area contributed by atoms with Gasteiger partial charge in [-0.3, -0.25) is 4.79 Å². The molecule has 1 aromatic rings. The number of pyridine rings is 1. The Balaban J connectivity index is 2.31. The van der Waals surface area contributed by atoms with E-state index in [-0.39, 0.29) is 12.2 Å². The van der Waals surface area contributed by atoms with Crippen LogP contribution < -0.4 is 4.90 Å². The smallest absolute Gasteiger partial charge is 0.153 e. The first-order valence-corrected chi connectivity index (χ1v) is 6.00. The first-order valence-electron chi connectivity index (χ1n) is 5.62. The van der Waals surface area contributed by atoms with Crippen molar-refractivity contribution < 1.29 is 9.53 Å². The van der Waals surface area contributed by atoms with Crippen LogP contribution in [0.3, 0.4) is 0 Å². The minimum atomic E-state index is 0.124. The van der Waals surface area contributed by atoms with Gasteiger partial charge < -0.3 is 9.64 Å². The summed E-state index contributed by atoms with van der Waals surface area (Å²) in [5.74, 6) is 0.648. The van der Waals surface area contributed by atoms with E-state index in [1.807, 2.05) is 13.8 Å². The molecule has 2 atom stereocenters. The first kappa shape index (κ1) is 12.3. The molecule has 0 unspecified atom stereocenters. The van der Waals surface area contributed by atoms with Crippen molar-refractivity contribution in [3.8, 4) is 0 Å². The maximum atomic E-state index is 11.0. The van der Waals surface area contributed by atoms with Crippen molar-refractivity contribution in [1.29, 1.82) is 0 Å². The zero-order valence-corrected chi connectivity index (χ0v) is 10.6. The fraction of sp³-hybridized carbons (Fsp3) is 0.500. The Labute approximate surface area is 106 Å². The second kappa shape index (κ2) is 5.02. The van der Waals surface area contributed by atoms with E-state index >= 15 is 0 Å². The number of morpholine rings is 1. The summed E-state index contributed by atoms with van der Waals surface area (Å²) in [6.45, 7) is 5.46. The van der Waals surface area contributed by atoms with Gasteiger partial charge in [0.05, 0.1) is 17.8 Å². The number of hydrogen-bond acceptors (Lipinski definition) is 4. The zero-order chi connectivity index (χ0) is 12.4. The van der Waals surface area contributed by atoms with E-state index in [0.717, 1.165) is 19.4 Å². The van der Waals surface area contributed by atoms with Crippen molar-refractivity contribution in [3.05, 3.63) is 22.8 Å². The molecule has 0 aliphatic carbocycles. The number of ether oxygens (including phenoxy) is 1. The number of halogens is 1. The van der Waals surface area contributed by atoms with Gasteiger partial charge in [-0.25, -0.2) is 4.98 Å². The molecule has 0 amide bonds. The van der Waals surface area contributed by atoms with Gasteiger partial charge in [0.25, 0.3) is 0 Å². The number of rotatable bonds is 2. The molecule has 1 fully saturated rings. The Morgan fingerprint density at radius 2 is 2.06 bits per heavy atom. The van der Waals surface area contributed by atoms with E-state index < -0.39 is 0 Å². The number of aldehydes is 1. The number of nitrogens with zero attached hydrogens (tertiary/aromatic N) is 2. The molecule has 0 saturated carbocycles. The van der Waals surface area contributed by atoms with Crippen molar-refractivity contribution in [2.24, 2.45) is 0 Å². The Bertz CT molecular complexity index is 415. The number of hydrogen-bond donors (Lipinski definition) is 0. The molecule has 1 aliphatic rings. The van der Waals surface area contributed by atoms with Crippen molar-refractivity contribution >= 4 is 23.7 Å². The lowest BCUT2D eigenvalue weighted by Gasteiger charge is -2.36. The number of anilines is 1. The molecular formula is C12H15ClN2O2. The molecule has 17 heavy (non-hydrogen) atoms. The van der Waals surface area contributed by atoms with Crippen molar-refractivity contribution in [2.45, 2.75) is 26.1 Å². The van der Waals surface area contributed by atoms with Gasteiger partial charge in [-0.1, -0.05) is 11.6 Å². The van der Waals surface area contributed by atoms with Gasteiger partial charge in [0.2, 0.25) is 0 Å². The molecule has 1 saturated heterocycles. The van der Waals surface area contributed by atoms with Crippen LogP contribution in [0, 0.1) is 0 Å². The summed E-state index contributed by atoms with van der Waals surface area (Å²) >= 11 is 5.88. The van der Waals surface area contributed by atoms with E-state index in [1.54, 1.807) is 12.1 Å². The molecule has 0 aromatic carbocycles. The van der Waals surface area contributed by atoms with Crippen molar-refractivity contribution in [3.63, 3.8) is 0 Å². The monoisotopic (exact) mass is 254 g/mol. The fourth-order valence-corrected chi connectivity index (χ4v) is 2.28. The summed E-state index contributed by atoms with van der Waals surface area (Å²) in [6, 6.07) is 3.32. The van der Waals surface area contributed by atoms with Gasteiger partial charge in [-0.05, 0) is 26.0 Å². The number of carbonyl (C=O) groups is 1. The van der Waals surface area contributed by atoms with E-state index in [0.29, 0.717) is 16.5 Å². The van der Waals surface area contributed by atoms with Crippen LogP contribution in [0.1, 0.15) is 24.2 Å². The van der Waals surface area contributed by atoms with Gasteiger partial charge in [0, 0.05) is 13.1 Å². The highest BCUT2D eigenvalue weighted by Crippen LogP contribution is 2.23. The Hall–Kier alpha value is -1.13. The number of carbonyl (C=O) groups excluding carboxylic acids is 1. The molecule has 0 radical (unpaired) electrons. The van der Waals surface area contributed by atoms with Crippen LogP contribution >= 0.6 is 11.6 Å². The highest BCUT2D eigenvalue weighted by Gasteiger charge is 2.24. The Morgan fingerprint density at radius 3 is 2.65 bits per heavy atom. The third-order valence-electron chi connectivity index (χ3n) is 2.72. The quantitative estimate of drug-likeness (QED) is 0.599. The Kier molecular flexibility index (Phi) is 3.64. The second-order valence-corrected chi connectivity index (χ2v) is 4.71. The molecule has 0 bridgehead atoms. The molecule has 0 spiro atoms. The van der Waals surface area contributed by atoms with Crippen LogP contribution in [0.15, 0.2) is 12.1 Å². The van der Waals surface area contributed by atoms with Crippen LogP contribution in [-0.4, -0.2) is 36.6 Å². The zero-order valence-electron chi connectivity index (χ0n) is 9.89. The molecule has 1 aliphatic heterocycles. The average molecular weight is 255 g/mol. The van der Waals surface area contributed by atoms with Crippen LogP contribution in [0.5, 0.6) is 0 Å². The normalized spacial score (nSPS) is 24.8. The van der Waals surface area contributed by atoms with Gasteiger partial charge in [0.15, 0.2) is 6.29 Å². The largest absolute Gasteiger partial charge is 0.372 e. The second-order valence-electron chi connectivity index (χ2n) is 4.33. The van der Waals surface area contributed by atoms with Gasteiger partial charge in [-0.2, -0.15) is 0 Å². The summed E-state index contributed by atoms with van der Waals surface area (Å²) in [4.78, 5) is 17.3. The van der Waals surface area contributed by atoms with Crippen molar-refractivity contribution in [2.75, 3.05) is 18.0 Å². The third-order valence-corrected chi connectivity index (χ3v) is 2.93. The van der Waals surface area contributed by atoms with Gasteiger partial charge in [-0.15, -0.1) is 0 Å². The molecule has 0 N–H and O–H groups in total. The summed E-state index contributed by atoms with van der Waals surface area (Å²) in [7, 11) is 0. The van der Waals surface area contributed by atoms with Gasteiger partial charge in [0.1, 0.15) is 11.0 Å². The van der Waals surface area contributed by atoms with E-state index in [9.17, 15) is 4.79 Å². The molecule has 4 nitrogen and oxygen atoms in total. The number of aromatic nitrogens is 1. The molecule has 2 heterocycles. The maximum absolute atomic E-state index is 11.0. The topological polar surface area (TPSA) is 42.4 Å². The predicted octanol–water partition coefficient (Wildman–Crippen LogP) is 2.16. The highest BCUT2D eigenvalue weighted by molar-refractivity contribution is 6.29. The first-order chi connectivity index (χ1) is 8.10. The molecule has 5 heteroatoms. The lowest BCUT2D eigenvalue weighted by Crippen LogP contribution is -2.46. The standard InChI is InChI=1S/C12H15ClN2O2/c1-8-5-15(6-9(2)17-8)12-10(7-16)3-4-11(13)14-12/h3-4,7-9H,5-6H2,1-2H3/t8-,9+. The molecule has 1 aromatic heterocycles. The van der Waals surface area contributed by atoms with E-state index in [1.165, 1.54) is 0 Å². The minimum Gasteiger partial charge on any atom is -0.372 e. The van der Waals surface area contributed by atoms with Crippen LogP contribution in [0.4, 0.5) is 5.82 Å². The van der Waals surface area contributed by atoms with Crippen LogP contribution in [0.25, 0.3) is 0 Å². The van der Waals surface area contributed by atoms with Crippen LogP contribution in [0.2, 0.25) is 5.15 Å². The highest BCUT2D eigenvalue weighted by atomic mass is 35.5. The van der Waals surface area contributed by atoms with Crippen molar-refractivity contribution in [1.82, 2.24) is 4.98 Å². The predicted molar refractivity (Wildman–Crippen MR) is 66.9 cm³/mol.